The Morgan fingerprint density at radius 1 is 1.26 bits per heavy atom. The number of hydrogen-bond acceptors (Lipinski definition) is 2. The Bertz CT molecular complexity index is 611. The molecule has 19 heavy (non-hydrogen) atoms. The van der Waals surface area contributed by atoms with Crippen molar-refractivity contribution in [2.45, 2.75) is 13.3 Å². The zero-order valence-electron chi connectivity index (χ0n) is 10.6. The van der Waals surface area contributed by atoms with E-state index in [1.54, 1.807) is 18.2 Å². The monoisotopic (exact) mass is 318 g/mol. The van der Waals surface area contributed by atoms with E-state index < -0.39 is 0 Å². The van der Waals surface area contributed by atoms with E-state index in [0.717, 1.165) is 16.6 Å². The normalized spacial score (nSPS) is 10.2. The lowest BCUT2D eigenvalue weighted by Gasteiger charge is -2.09. The molecule has 2 aromatic rings. The van der Waals surface area contributed by atoms with E-state index in [0.29, 0.717) is 11.3 Å². The predicted octanol–water partition coefficient (Wildman–Crippen LogP) is 3.85. The minimum Gasteiger partial charge on any atom is -0.398 e. The van der Waals surface area contributed by atoms with E-state index >= 15 is 0 Å². The molecule has 0 saturated carbocycles. The average molecular weight is 319 g/mol. The Morgan fingerprint density at radius 2 is 2.05 bits per heavy atom. The molecule has 0 spiro atoms. The third-order valence-corrected chi connectivity index (χ3v) is 3.34. The number of nitrogen functional groups attached to an aromatic ring is 1. The van der Waals surface area contributed by atoms with Crippen molar-refractivity contribution in [3.05, 3.63) is 58.1 Å². The first-order chi connectivity index (χ1) is 9.10. The zero-order chi connectivity index (χ0) is 13.8. The molecule has 0 fully saturated rings. The number of halogens is 1. The van der Waals surface area contributed by atoms with Gasteiger partial charge in [-0.2, -0.15) is 0 Å². The second kappa shape index (κ2) is 5.89. The molecular weight excluding hydrogens is 304 g/mol. The van der Waals surface area contributed by atoms with E-state index in [4.69, 9.17) is 5.73 Å². The largest absolute Gasteiger partial charge is 0.398 e. The third-order valence-electron chi connectivity index (χ3n) is 2.85. The van der Waals surface area contributed by atoms with Crippen LogP contribution in [0, 0.1) is 0 Å². The van der Waals surface area contributed by atoms with Gasteiger partial charge in [0.15, 0.2) is 0 Å². The minimum absolute atomic E-state index is 0.196. The highest BCUT2D eigenvalue weighted by atomic mass is 79.9. The number of nitrogens with one attached hydrogen (secondary N) is 1. The van der Waals surface area contributed by atoms with E-state index in [1.165, 1.54) is 5.56 Å². The fourth-order valence-corrected chi connectivity index (χ4v) is 2.19. The van der Waals surface area contributed by atoms with Crippen molar-refractivity contribution in [2.75, 3.05) is 11.1 Å². The number of nitrogens with two attached hydrogens (primary N) is 1. The molecule has 0 aliphatic rings. The van der Waals surface area contributed by atoms with Gasteiger partial charge >= 0.3 is 0 Å². The number of benzene rings is 2. The van der Waals surface area contributed by atoms with Crippen LogP contribution in [0.5, 0.6) is 0 Å². The summed E-state index contributed by atoms with van der Waals surface area (Å²) in [5.74, 6) is -0.196. The summed E-state index contributed by atoms with van der Waals surface area (Å²) in [5, 5.41) is 2.86. The molecule has 2 rings (SSSR count). The molecule has 3 nitrogen and oxygen atoms in total. The molecule has 98 valence electrons. The van der Waals surface area contributed by atoms with Crippen LogP contribution in [0.2, 0.25) is 0 Å². The van der Waals surface area contributed by atoms with E-state index in [1.807, 2.05) is 24.3 Å². The van der Waals surface area contributed by atoms with Crippen LogP contribution in [0.4, 0.5) is 11.4 Å². The molecule has 0 atom stereocenters. The Labute approximate surface area is 121 Å². The molecule has 2 aromatic carbocycles. The van der Waals surface area contributed by atoms with E-state index in [2.05, 4.69) is 28.2 Å². The average Bonchev–Trinajstić information content (AvgIpc) is 2.38. The topological polar surface area (TPSA) is 55.1 Å². The molecule has 0 aliphatic carbocycles. The van der Waals surface area contributed by atoms with Crippen LogP contribution >= 0.6 is 15.9 Å². The Kier molecular flexibility index (Phi) is 4.22. The lowest BCUT2D eigenvalue weighted by atomic mass is 10.1. The van der Waals surface area contributed by atoms with Crippen LogP contribution in [0.15, 0.2) is 46.9 Å². The highest BCUT2D eigenvalue weighted by molar-refractivity contribution is 9.10. The predicted molar refractivity (Wildman–Crippen MR) is 82.3 cm³/mol. The first-order valence-corrected chi connectivity index (χ1v) is 6.84. The number of hydrogen-bond donors (Lipinski definition) is 2. The highest BCUT2D eigenvalue weighted by Gasteiger charge is 2.10. The Hall–Kier alpha value is -1.81. The Balaban J connectivity index is 2.20. The van der Waals surface area contributed by atoms with Gasteiger partial charge in [0.25, 0.3) is 5.91 Å². The van der Waals surface area contributed by atoms with E-state index in [9.17, 15) is 4.79 Å². The summed E-state index contributed by atoms with van der Waals surface area (Å²) >= 11 is 3.32. The van der Waals surface area contributed by atoms with Gasteiger partial charge in [0, 0.05) is 15.8 Å². The van der Waals surface area contributed by atoms with Crippen molar-refractivity contribution in [1.82, 2.24) is 0 Å². The molecule has 0 aliphatic heterocycles. The molecule has 0 saturated heterocycles. The smallest absolute Gasteiger partial charge is 0.257 e. The molecule has 4 heteroatoms. The summed E-state index contributed by atoms with van der Waals surface area (Å²) in [4.78, 5) is 12.1. The van der Waals surface area contributed by atoms with Crippen molar-refractivity contribution in [2.24, 2.45) is 0 Å². The molecule has 0 unspecified atom stereocenters. The molecule has 1 amide bonds. The minimum atomic E-state index is -0.196. The van der Waals surface area contributed by atoms with Gasteiger partial charge in [0.2, 0.25) is 0 Å². The summed E-state index contributed by atoms with van der Waals surface area (Å²) in [5.41, 5.74) is 8.74. The third kappa shape index (κ3) is 3.35. The van der Waals surface area contributed by atoms with Gasteiger partial charge in [0.1, 0.15) is 0 Å². The maximum absolute atomic E-state index is 12.1. The quantitative estimate of drug-likeness (QED) is 0.845. The van der Waals surface area contributed by atoms with Crippen LogP contribution in [-0.4, -0.2) is 5.91 Å². The van der Waals surface area contributed by atoms with Crippen LogP contribution in [0.25, 0.3) is 0 Å². The van der Waals surface area contributed by atoms with Crippen LogP contribution in [0.1, 0.15) is 22.8 Å². The van der Waals surface area contributed by atoms with Gasteiger partial charge in [-0.25, -0.2) is 0 Å². The van der Waals surface area contributed by atoms with Gasteiger partial charge in [-0.15, -0.1) is 0 Å². The van der Waals surface area contributed by atoms with E-state index in [-0.39, 0.29) is 5.91 Å². The fourth-order valence-electron chi connectivity index (χ4n) is 1.81. The van der Waals surface area contributed by atoms with Gasteiger partial charge < -0.3 is 11.1 Å². The van der Waals surface area contributed by atoms with Gasteiger partial charge in [-0.3, -0.25) is 4.79 Å². The van der Waals surface area contributed by atoms with Crippen molar-refractivity contribution in [3.8, 4) is 0 Å². The van der Waals surface area contributed by atoms with Crippen molar-refractivity contribution < 1.29 is 4.79 Å². The lowest BCUT2D eigenvalue weighted by Crippen LogP contribution is -2.14. The summed E-state index contributed by atoms with van der Waals surface area (Å²) in [6.07, 6.45) is 0.935. The number of anilines is 2. The zero-order valence-corrected chi connectivity index (χ0v) is 12.2. The molecular formula is C15H15BrN2O. The number of rotatable bonds is 3. The lowest BCUT2D eigenvalue weighted by molar-refractivity contribution is 0.102. The van der Waals surface area contributed by atoms with Crippen LogP contribution < -0.4 is 11.1 Å². The summed E-state index contributed by atoms with van der Waals surface area (Å²) in [7, 11) is 0. The van der Waals surface area contributed by atoms with Crippen molar-refractivity contribution in [1.29, 1.82) is 0 Å². The standard InChI is InChI=1S/C15H15BrN2O/c1-2-10-4-3-5-12(8-10)18-15(19)13-7-6-11(16)9-14(13)17/h3-9H,2,17H2,1H3,(H,18,19). The number of carbonyl (C=O) groups excluding carboxylic acids is 1. The second-order valence-electron chi connectivity index (χ2n) is 4.24. The molecule has 0 bridgehead atoms. The van der Waals surface area contributed by atoms with Crippen molar-refractivity contribution in [3.63, 3.8) is 0 Å². The Morgan fingerprint density at radius 3 is 2.74 bits per heavy atom. The first-order valence-electron chi connectivity index (χ1n) is 6.05. The van der Waals surface area contributed by atoms with Gasteiger partial charge in [-0.1, -0.05) is 35.0 Å². The number of aryl methyl sites for hydroxylation is 1. The first kappa shape index (κ1) is 13.6. The van der Waals surface area contributed by atoms with Gasteiger partial charge in [-0.05, 0) is 42.3 Å². The van der Waals surface area contributed by atoms with Gasteiger partial charge in [0.05, 0.1) is 5.56 Å². The molecule has 0 aromatic heterocycles. The van der Waals surface area contributed by atoms with Crippen molar-refractivity contribution >= 4 is 33.2 Å². The van der Waals surface area contributed by atoms with Crippen LogP contribution in [-0.2, 0) is 6.42 Å². The summed E-state index contributed by atoms with van der Waals surface area (Å²) < 4.78 is 0.856. The SMILES string of the molecule is CCc1cccc(NC(=O)c2ccc(Br)cc2N)c1. The maximum atomic E-state index is 12.1. The molecule has 0 radical (unpaired) electrons. The molecule has 0 heterocycles. The summed E-state index contributed by atoms with van der Waals surface area (Å²) in [6.45, 7) is 2.08. The molecule has 3 N–H and O–H groups in total. The second-order valence-corrected chi connectivity index (χ2v) is 5.16. The number of amides is 1. The summed E-state index contributed by atoms with van der Waals surface area (Å²) in [6, 6.07) is 13.0. The fraction of sp³-hybridized carbons (Fsp3) is 0.133. The highest BCUT2D eigenvalue weighted by Crippen LogP contribution is 2.20. The number of carbonyl (C=O) groups is 1. The van der Waals surface area contributed by atoms with Crippen LogP contribution in [0.3, 0.4) is 0 Å². The maximum Gasteiger partial charge on any atom is 0.257 e.